The van der Waals surface area contributed by atoms with Gasteiger partial charge in [0.15, 0.2) is 4.80 Å². The van der Waals surface area contributed by atoms with Crippen LogP contribution in [0.1, 0.15) is 34.7 Å². The van der Waals surface area contributed by atoms with E-state index in [1.165, 1.54) is 16.9 Å². The molecule has 2 heterocycles. The molecule has 0 N–H and O–H groups in total. The number of aromatic nitrogens is 1. The van der Waals surface area contributed by atoms with Crippen molar-refractivity contribution >= 4 is 33.9 Å². The molecule has 6 heteroatoms. The third kappa shape index (κ3) is 4.18. The van der Waals surface area contributed by atoms with E-state index in [1.807, 2.05) is 71.3 Å². The standard InChI is InChI=1S/C35H26N2O3S/c1-3-20-40-30-19-17-22-10-4-6-12-24(22)28(30)21-31-34(38)37-33(26-14-8-9-15-29(26)39-2)27-18-16-23-11-5-7-13-25(23)32(27)36-35(37)41-31/h1,4-15,17,19,21,33H,16,18,20H2,2H3/b31-21-/t33-/m1/s1. The maximum atomic E-state index is 14.3. The molecule has 0 saturated heterocycles. The lowest BCUT2D eigenvalue weighted by molar-refractivity contribution is 0.370. The van der Waals surface area contributed by atoms with Crippen molar-refractivity contribution in [2.75, 3.05) is 13.7 Å². The molecule has 1 aliphatic heterocycles. The van der Waals surface area contributed by atoms with Crippen LogP contribution >= 0.6 is 11.3 Å². The van der Waals surface area contributed by atoms with Crippen LogP contribution in [0.15, 0.2) is 100 Å². The molecule has 41 heavy (non-hydrogen) atoms. The number of fused-ring (bicyclic) bond motifs is 4. The first kappa shape index (κ1) is 25.1. The summed E-state index contributed by atoms with van der Waals surface area (Å²) in [4.78, 5) is 20.1. The highest BCUT2D eigenvalue weighted by atomic mass is 32.1. The predicted molar refractivity (Wildman–Crippen MR) is 164 cm³/mol. The number of para-hydroxylation sites is 1. The number of rotatable bonds is 5. The van der Waals surface area contributed by atoms with Crippen LogP contribution < -0.4 is 24.4 Å². The van der Waals surface area contributed by atoms with Crippen molar-refractivity contribution in [2.24, 2.45) is 4.99 Å². The molecular weight excluding hydrogens is 528 g/mol. The number of benzene rings is 4. The zero-order valence-electron chi connectivity index (χ0n) is 22.5. The second-order valence-corrected chi connectivity index (χ2v) is 11.1. The molecule has 0 unspecified atom stereocenters. The largest absolute Gasteiger partial charge is 0.496 e. The topological polar surface area (TPSA) is 52.8 Å². The molecule has 5 aromatic rings. The molecule has 0 saturated carbocycles. The van der Waals surface area contributed by atoms with E-state index in [9.17, 15) is 4.79 Å². The van der Waals surface area contributed by atoms with Crippen molar-refractivity contribution in [2.45, 2.75) is 18.9 Å². The van der Waals surface area contributed by atoms with Gasteiger partial charge in [0.25, 0.3) is 5.56 Å². The van der Waals surface area contributed by atoms with E-state index in [0.717, 1.165) is 57.3 Å². The molecule has 200 valence electrons. The first-order valence-electron chi connectivity index (χ1n) is 13.5. The number of hydrogen-bond donors (Lipinski definition) is 0. The summed E-state index contributed by atoms with van der Waals surface area (Å²) in [7, 11) is 1.67. The van der Waals surface area contributed by atoms with Gasteiger partial charge in [-0.15, -0.1) is 6.42 Å². The second kappa shape index (κ2) is 10.3. The smallest absolute Gasteiger partial charge is 0.271 e. The lowest BCUT2D eigenvalue weighted by Crippen LogP contribution is -2.39. The Hall–Kier alpha value is -4.86. The van der Waals surface area contributed by atoms with E-state index in [0.29, 0.717) is 15.1 Å². The molecule has 0 spiro atoms. The number of ether oxygens (including phenoxy) is 2. The van der Waals surface area contributed by atoms with Crippen molar-refractivity contribution < 1.29 is 9.47 Å². The molecule has 0 bridgehead atoms. The molecular formula is C35H26N2O3S. The van der Waals surface area contributed by atoms with E-state index in [1.54, 1.807) is 7.11 Å². The third-order valence-electron chi connectivity index (χ3n) is 7.82. The average molecular weight is 555 g/mol. The molecule has 5 nitrogen and oxygen atoms in total. The summed E-state index contributed by atoms with van der Waals surface area (Å²) in [6.45, 7) is 0.139. The van der Waals surface area contributed by atoms with Crippen LogP contribution in [0.4, 0.5) is 0 Å². The molecule has 4 aromatic carbocycles. The van der Waals surface area contributed by atoms with Crippen LogP contribution in [0.25, 0.3) is 22.5 Å². The molecule has 0 radical (unpaired) electrons. The van der Waals surface area contributed by atoms with E-state index in [2.05, 4.69) is 30.2 Å². The summed E-state index contributed by atoms with van der Waals surface area (Å²) >= 11 is 1.40. The quantitative estimate of drug-likeness (QED) is 0.270. The van der Waals surface area contributed by atoms with E-state index in [-0.39, 0.29) is 18.2 Å². The summed E-state index contributed by atoms with van der Waals surface area (Å²) in [5, 5.41) is 2.04. The van der Waals surface area contributed by atoms with Crippen LogP contribution in [0.5, 0.6) is 11.5 Å². The Morgan fingerprint density at radius 2 is 1.80 bits per heavy atom. The fraction of sp³-hybridized carbons (Fsp3) is 0.143. The van der Waals surface area contributed by atoms with Gasteiger partial charge in [-0.3, -0.25) is 9.36 Å². The Bertz CT molecular complexity index is 2090. The Balaban J connectivity index is 1.52. The van der Waals surface area contributed by atoms with Crippen molar-refractivity contribution in [1.29, 1.82) is 0 Å². The Morgan fingerprint density at radius 1 is 1.00 bits per heavy atom. The summed E-state index contributed by atoms with van der Waals surface area (Å²) < 4.78 is 14.2. The molecule has 2 aliphatic rings. The molecule has 7 rings (SSSR count). The van der Waals surface area contributed by atoms with Gasteiger partial charge < -0.3 is 9.47 Å². The van der Waals surface area contributed by atoms with Crippen molar-refractivity contribution in [3.63, 3.8) is 0 Å². The Morgan fingerprint density at radius 3 is 2.68 bits per heavy atom. The van der Waals surface area contributed by atoms with Gasteiger partial charge >= 0.3 is 0 Å². The monoisotopic (exact) mass is 554 g/mol. The Kier molecular flexibility index (Phi) is 6.30. The number of hydrogen-bond acceptors (Lipinski definition) is 5. The fourth-order valence-corrected chi connectivity index (χ4v) is 6.97. The third-order valence-corrected chi connectivity index (χ3v) is 8.81. The van der Waals surface area contributed by atoms with Gasteiger partial charge in [-0.1, -0.05) is 90.1 Å². The van der Waals surface area contributed by atoms with Gasteiger partial charge in [0.1, 0.15) is 18.1 Å². The maximum Gasteiger partial charge on any atom is 0.271 e. The van der Waals surface area contributed by atoms with Gasteiger partial charge in [-0.25, -0.2) is 4.99 Å². The van der Waals surface area contributed by atoms with Gasteiger partial charge in [0, 0.05) is 16.7 Å². The summed E-state index contributed by atoms with van der Waals surface area (Å²) in [5.74, 6) is 3.94. The minimum atomic E-state index is -0.322. The maximum absolute atomic E-state index is 14.3. The number of allylic oxidation sites excluding steroid dienone is 1. The predicted octanol–water partition coefficient (Wildman–Crippen LogP) is 5.49. The summed E-state index contributed by atoms with van der Waals surface area (Å²) in [5.41, 5.74) is 6.18. The minimum Gasteiger partial charge on any atom is -0.496 e. The second-order valence-electron chi connectivity index (χ2n) is 10.0. The van der Waals surface area contributed by atoms with Gasteiger partial charge in [0.2, 0.25) is 0 Å². The number of nitrogens with zero attached hydrogens (tertiary/aromatic N) is 2. The highest BCUT2D eigenvalue weighted by molar-refractivity contribution is 7.07. The summed E-state index contributed by atoms with van der Waals surface area (Å²) in [6, 6.07) is 28.0. The van der Waals surface area contributed by atoms with Gasteiger partial charge in [-0.05, 0) is 53.0 Å². The van der Waals surface area contributed by atoms with Crippen LogP contribution in [0, 0.1) is 12.3 Å². The number of aryl methyl sites for hydroxylation is 1. The molecule has 1 atom stereocenters. The lowest BCUT2D eigenvalue weighted by Gasteiger charge is -2.31. The minimum absolute atomic E-state index is 0.0918. The highest BCUT2D eigenvalue weighted by Crippen LogP contribution is 2.43. The number of methoxy groups -OCH3 is 1. The van der Waals surface area contributed by atoms with E-state index >= 15 is 0 Å². The van der Waals surface area contributed by atoms with E-state index < -0.39 is 0 Å². The van der Waals surface area contributed by atoms with Gasteiger partial charge in [0.05, 0.1) is 23.4 Å². The molecule has 1 aromatic heterocycles. The zero-order valence-corrected chi connectivity index (χ0v) is 23.3. The molecule has 0 amide bonds. The van der Waals surface area contributed by atoms with Crippen LogP contribution in [0.3, 0.4) is 0 Å². The molecule has 0 fully saturated rings. The number of terminal acetylenes is 1. The molecule has 1 aliphatic carbocycles. The van der Waals surface area contributed by atoms with Gasteiger partial charge in [-0.2, -0.15) is 0 Å². The average Bonchev–Trinajstić information content (AvgIpc) is 3.33. The Labute approximate surface area is 241 Å². The fourth-order valence-electron chi connectivity index (χ4n) is 5.99. The first-order chi connectivity index (χ1) is 20.2. The van der Waals surface area contributed by atoms with Crippen LogP contribution in [-0.2, 0) is 6.42 Å². The lowest BCUT2D eigenvalue weighted by atomic mass is 9.83. The number of thiazole rings is 1. The highest BCUT2D eigenvalue weighted by Gasteiger charge is 2.34. The van der Waals surface area contributed by atoms with Crippen molar-refractivity contribution in [3.8, 4) is 23.8 Å². The van der Waals surface area contributed by atoms with E-state index in [4.69, 9.17) is 20.9 Å². The normalized spacial score (nSPS) is 15.9. The van der Waals surface area contributed by atoms with Crippen LogP contribution in [0.2, 0.25) is 0 Å². The first-order valence-corrected chi connectivity index (χ1v) is 14.3. The van der Waals surface area contributed by atoms with Crippen LogP contribution in [-0.4, -0.2) is 18.3 Å². The zero-order chi connectivity index (χ0) is 27.9. The summed E-state index contributed by atoms with van der Waals surface area (Å²) in [6.07, 6.45) is 9.14. The SMILES string of the molecule is C#CCOc1ccc2ccccc2c1/C=c1\sc2n(c1=O)[C@H](c1ccccc1OC)C1=C(N=2)c2ccccc2CC1. The van der Waals surface area contributed by atoms with Crippen molar-refractivity contribution in [1.82, 2.24) is 4.57 Å². The van der Waals surface area contributed by atoms with Crippen molar-refractivity contribution in [3.05, 3.63) is 132 Å².